The Kier molecular flexibility index (Phi) is 9.52. The molecule has 0 saturated carbocycles. The van der Waals surface area contributed by atoms with E-state index >= 15 is 4.39 Å². The van der Waals surface area contributed by atoms with Crippen molar-refractivity contribution >= 4 is 22.8 Å². The van der Waals surface area contributed by atoms with E-state index in [1.165, 1.54) is 0 Å². The molecule has 5 nitrogen and oxygen atoms in total. The summed E-state index contributed by atoms with van der Waals surface area (Å²) in [6.07, 6.45) is 11.4. The summed E-state index contributed by atoms with van der Waals surface area (Å²) >= 11 is 0. The van der Waals surface area contributed by atoms with Crippen molar-refractivity contribution in [3.63, 3.8) is 0 Å². The van der Waals surface area contributed by atoms with E-state index < -0.39 is 0 Å². The van der Waals surface area contributed by atoms with Crippen LogP contribution in [0.2, 0.25) is 0 Å². The van der Waals surface area contributed by atoms with Gasteiger partial charge in [0.2, 0.25) is 0 Å². The molecule has 0 radical (unpaired) electrons. The molecule has 0 amide bonds. The first-order chi connectivity index (χ1) is 20.5. The first kappa shape index (κ1) is 30.1. The average Bonchev–Trinajstić information content (AvgIpc) is 3.59. The van der Waals surface area contributed by atoms with Crippen molar-refractivity contribution in [3.05, 3.63) is 77.0 Å². The van der Waals surface area contributed by atoms with Gasteiger partial charge in [-0.25, -0.2) is 9.37 Å². The molecule has 4 heterocycles. The van der Waals surface area contributed by atoms with Crippen molar-refractivity contribution in [2.24, 2.45) is 10.9 Å². The highest BCUT2D eigenvalue weighted by Crippen LogP contribution is 2.46. The average molecular weight is 568 g/mol. The molecule has 3 aromatic rings. The van der Waals surface area contributed by atoms with Crippen LogP contribution in [0, 0.1) is 11.7 Å². The number of hydrogen-bond acceptors (Lipinski definition) is 5. The molecule has 1 aliphatic carbocycles. The highest BCUT2D eigenvalue weighted by atomic mass is 19.1. The fourth-order valence-electron chi connectivity index (χ4n) is 6.85. The molecule has 6 heteroatoms. The van der Waals surface area contributed by atoms with Crippen LogP contribution in [0.1, 0.15) is 88.6 Å². The monoisotopic (exact) mass is 567 g/mol. The van der Waals surface area contributed by atoms with E-state index in [-0.39, 0.29) is 11.7 Å². The maximum Gasteiger partial charge on any atom is 0.149 e. The second kappa shape index (κ2) is 13.3. The summed E-state index contributed by atoms with van der Waals surface area (Å²) in [5.74, 6) is 1.48. The van der Waals surface area contributed by atoms with Crippen molar-refractivity contribution in [2.45, 2.75) is 72.6 Å². The lowest BCUT2D eigenvalue weighted by molar-refractivity contribution is 0.312. The Balaban J connectivity index is 0.00000173. The highest BCUT2D eigenvalue weighted by Gasteiger charge is 2.33. The van der Waals surface area contributed by atoms with Crippen molar-refractivity contribution in [1.82, 2.24) is 14.9 Å². The molecule has 6 rings (SSSR count). The molecule has 1 fully saturated rings. The van der Waals surface area contributed by atoms with Crippen molar-refractivity contribution in [1.29, 1.82) is 0 Å². The number of nitrogens with zero attached hydrogens (tertiary/aromatic N) is 5. The minimum absolute atomic E-state index is 0.195. The molecule has 1 unspecified atom stereocenters. The van der Waals surface area contributed by atoms with Gasteiger partial charge in [-0.3, -0.25) is 9.98 Å². The van der Waals surface area contributed by atoms with E-state index in [1.807, 2.05) is 26.2 Å². The van der Waals surface area contributed by atoms with E-state index in [9.17, 15) is 0 Å². The normalized spacial score (nSPS) is 17.9. The van der Waals surface area contributed by atoms with Crippen molar-refractivity contribution in [3.8, 4) is 11.1 Å². The minimum Gasteiger partial charge on any atom is -0.354 e. The van der Waals surface area contributed by atoms with E-state index in [0.29, 0.717) is 11.6 Å². The zero-order valence-corrected chi connectivity index (χ0v) is 26.3. The fourth-order valence-corrected chi connectivity index (χ4v) is 6.85. The predicted molar refractivity (Wildman–Crippen MR) is 175 cm³/mol. The topological polar surface area (TPSA) is 44.6 Å². The van der Waals surface area contributed by atoms with Crippen molar-refractivity contribution in [2.75, 3.05) is 38.1 Å². The minimum atomic E-state index is -0.217. The molecule has 1 atom stereocenters. The Morgan fingerprint density at radius 1 is 0.929 bits per heavy atom. The molecular weight excluding hydrogens is 521 g/mol. The number of benzene rings is 1. The molecule has 42 heavy (non-hydrogen) atoms. The molecule has 0 N–H and O–H groups in total. The lowest BCUT2D eigenvalue weighted by atomic mass is 9.78. The number of aromatic nitrogens is 2. The van der Waals surface area contributed by atoms with Crippen LogP contribution in [0.25, 0.3) is 16.7 Å². The van der Waals surface area contributed by atoms with Gasteiger partial charge < -0.3 is 9.80 Å². The van der Waals surface area contributed by atoms with Gasteiger partial charge in [-0.2, -0.15) is 0 Å². The Labute approximate surface area is 251 Å². The Bertz CT molecular complexity index is 1460. The van der Waals surface area contributed by atoms with Crippen LogP contribution >= 0.6 is 0 Å². The number of halogens is 1. The number of anilines is 1. The third-order valence-electron chi connectivity index (χ3n) is 8.93. The molecule has 0 spiro atoms. The maximum absolute atomic E-state index is 15.6. The number of likely N-dealkylation sites (N-methyl/N-ethyl adjacent to an activating group) is 1. The smallest absolute Gasteiger partial charge is 0.149 e. The quantitative estimate of drug-likeness (QED) is 0.274. The lowest BCUT2D eigenvalue weighted by Gasteiger charge is -2.33. The summed E-state index contributed by atoms with van der Waals surface area (Å²) in [4.78, 5) is 19.0. The summed E-state index contributed by atoms with van der Waals surface area (Å²) in [5.41, 5.74) is 8.98. The van der Waals surface area contributed by atoms with Gasteiger partial charge in [-0.05, 0) is 85.3 Å². The summed E-state index contributed by atoms with van der Waals surface area (Å²) in [6.45, 7) is 14.6. The zero-order valence-electron chi connectivity index (χ0n) is 26.3. The second-order valence-electron chi connectivity index (χ2n) is 11.7. The summed E-state index contributed by atoms with van der Waals surface area (Å²) in [7, 11) is 2.17. The Morgan fingerprint density at radius 2 is 1.67 bits per heavy atom. The molecule has 222 valence electrons. The number of fused-ring (bicyclic) bond motifs is 2. The van der Waals surface area contributed by atoms with Gasteiger partial charge in [0, 0.05) is 67.8 Å². The van der Waals surface area contributed by atoms with Crippen LogP contribution in [0.15, 0.2) is 53.8 Å². The van der Waals surface area contributed by atoms with Gasteiger partial charge in [-0.1, -0.05) is 46.6 Å². The van der Waals surface area contributed by atoms with Crippen LogP contribution < -0.4 is 4.90 Å². The highest BCUT2D eigenvalue weighted by molar-refractivity contribution is 5.98. The van der Waals surface area contributed by atoms with E-state index in [2.05, 4.69) is 72.9 Å². The zero-order chi connectivity index (χ0) is 29.8. The van der Waals surface area contributed by atoms with E-state index in [1.54, 1.807) is 6.07 Å². The third kappa shape index (κ3) is 5.92. The molecule has 2 aliphatic heterocycles. The third-order valence-corrected chi connectivity index (χ3v) is 8.93. The SMILES string of the molecule is CC.CCCC(CCC)C1C(C)=Nc2c(F)cc(C3=CCc4ncc(-c5ccnc(N6CCN(C)CC6)c5)cc43)cc21. The van der Waals surface area contributed by atoms with Gasteiger partial charge in [0.05, 0.1) is 5.69 Å². The molecule has 0 bridgehead atoms. The van der Waals surface area contributed by atoms with E-state index in [0.717, 1.165) is 109 Å². The van der Waals surface area contributed by atoms with Crippen LogP contribution in [0.4, 0.5) is 15.9 Å². The molecule has 3 aliphatic rings. The first-order valence-corrected chi connectivity index (χ1v) is 15.9. The van der Waals surface area contributed by atoms with Crippen molar-refractivity contribution < 1.29 is 4.39 Å². The van der Waals surface area contributed by atoms with Gasteiger partial charge in [0.15, 0.2) is 0 Å². The van der Waals surface area contributed by atoms with Crippen LogP contribution in [0.3, 0.4) is 0 Å². The Hall–Kier alpha value is -3.38. The van der Waals surface area contributed by atoms with Crippen LogP contribution in [0.5, 0.6) is 0 Å². The second-order valence-corrected chi connectivity index (χ2v) is 11.7. The summed E-state index contributed by atoms with van der Waals surface area (Å²) < 4.78 is 15.6. The predicted octanol–water partition coefficient (Wildman–Crippen LogP) is 8.45. The number of allylic oxidation sites excluding steroid dienone is 1. The summed E-state index contributed by atoms with van der Waals surface area (Å²) in [5, 5.41) is 0. The molecular formula is C36H46FN5. The van der Waals surface area contributed by atoms with Gasteiger partial charge in [0.25, 0.3) is 0 Å². The van der Waals surface area contributed by atoms with Gasteiger partial charge >= 0.3 is 0 Å². The number of aliphatic imine (C=N–C) groups is 1. The molecule has 2 aromatic heterocycles. The van der Waals surface area contributed by atoms with Gasteiger partial charge in [0.1, 0.15) is 17.3 Å². The number of hydrogen-bond donors (Lipinski definition) is 0. The Morgan fingerprint density at radius 3 is 2.38 bits per heavy atom. The number of piperazine rings is 1. The fraction of sp³-hybridized carbons (Fsp3) is 0.472. The largest absolute Gasteiger partial charge is 0.354 e. The number of pyridine rings is 2. The van der Waals surface area contributed by atoms with Gasteiger partial charge in [-0.15, -0.1) is 0 Å². The molecule has 1 saturated heterocycles. The van der Waals surface area contributed by atoms with E-state index in [4.69, 9.17) is 9.98 Å². The maximum atomic E-state index is 15.6. The lowest BCUT2D eigenvalue weighted by Crippen LogP contribution is -2.44. The standard InChI is InChI=1S/C34H40FN5.C2H6/c1-5-7-23(8-6-2)33-22(3)38-34-29(33)17-25(19-30(34)35)27-9-10-31-28(27)18-26(21-37-31)24-11-12-36-32(20-24)40-15-13-39(4)14-16-40;1-2/h9,11-12,17-21,23,33H,5-8,10,13-16H2,1-4H3;1-2H3. The van der Waals surface area contributed by atoms with Crippen LogP contribution in [-0.2, 0) is 6.42 Å². The molecule has 1 aromatic carbocycles. The summed E-state index contributed by atoms with van der Waals surface area (Å²) in [6, 6.07) is 10.4. The first-order valence-electron chi connectivity index (χ1n) is 15.9. The van der Waals surface area contributed by atoms with Crippen LogP contribution in [-0.4, -0.2) is 53.8 Å². The number of rotatable bonds is 8.